The second-order valence-corrected chi connectivity index (χ2v) is 10.9. The summed E-state index contributed by atoms with van der Waals surface area (Å²) in [5, 5.41) is 3.81. The fraction of sp³-hybridized carbons (Fsp3) is 0.650. The van der Waals surface area contributed by atoms with Gasteiger partial charge in [-0.05, 0) is 37.0 Å². The van der Waals surface area contributed by atoms with Crippen LogP contribution in [-0.4, -0.2) is 50.8 Å². The number of hydrogen-bond donors (Lipinski definition) is 1. The van der Waals surface area contributed by atoms with Crippen LogP contribution in [0, 0.1) is 0 Å². The standard InChI is InChI=1S/C20H30N2O3S2/c1-3-4-11-20(26-14-17-6-5-12-25-17)15-21-13-19(22-20)16-7-9-18(10-8-16)27(2,23)24/h7-10,13,17,19,22H,3-6,11-12,14-15H2,1-2H3/t17-,19?,20?/m0/s1. The Morgan fingerprint density at radius 1 is 1.33 bits per heavy atom. The maximum absolute atomic E-state index is 11.7. The largest absolute Gasteiger partial charge is 0.377 e. The van der Waals surface area contributed by atoms with Crippen molar-refractivity contribution in [1.82, 2.24) is 5.32 Å². The van der Waals surface area contributed by atoms with Gasteiger partial charge in [0.15, 0.2) is 9.84 Å². The lowest BCUT2D eigenvalue weighted by molar-refractivity contribution is 0.128. The number of ether oxygens (including phenoxy) is 1. The summed E-state index contributed by atoms with van der Waals surface area (Å²) in [5.41, 5.74) is 1.05. The van der Waals surface area contributed by atoms with Crippen molar-refractivity contribution in [2.45, 2.75) is 60.9 Å². The molecule has 1 aromatic rings. The molecule has 1 aromatic carbocycles. The summed E-state index contributed by atoms with van der Waals surface area (Å²) in [6, 6.07) is 7.15. The molecule has 2 unspecified atom stereocenters. The first-order valence-electron chi connectivity index (χ1n) is 9.75. The van der Waals surface area contributed by atoms with Crippen molar-refractivity contribution in [3.05, 3.63) is 29.8 Å². The van der Waals surface area contributed by atoms with Crippen molar-refractivity contribution in [3.63, 3.8) is 0 Å². The lowest BCUT2D eigenvalue weighted by Crippen LogP contribution is -2.50. The first-order chi connectivity index (χ1) is 12.9. The van der Waals surface area contributed by atoms with Gasteiger partial charge in [0.25, 0.3) is 0 Å². The van der Waals surface area contributed by atoms with E-state index in [1.165, 1.54) is 6.26 Å². The van der Waals surface area contributed by atoms with Gasteiger partial charge in [0.05, 0.1) is 28.5 Å². The third-order valence-electron chi connectivity index (χ3n) is 5.19. The van der Waals surface area contributed by atoms with Crippen molar-refractivity contribution >= 4 is 27.8 Å². The highest BCUT2D eigenvalue weighted by atomic mass is 32.2. The highest BCUT2D eigenvalue weighted by Gasteiger charge is 2.36. The zero-order chi connectivity index (χ0) is 19.3. The maximum atomic E-state index is 11.7. The average molecular weight is 411 g/mol. The molecule has 150 valence electrons. The summed E-state index contributed by atoms with van der Waals surface area (Å²) in [7, 11) is -3.18. The van der Waals surface area contributed by atoms with Gasteiger partial charge in [0.1, 0.15) is 0 Å². The number of hydrogen-bond acceptors (Lipinski definition) is 6. The third kappa shape index (κ3) is 5.56. The molecule has 1 saturated heterocycles. The lowest BCUT2D eigenvalue weighted by Gasteiger charge is -2.39. The van der Waals surface area contributed by atoms with Crippen molar-refractivity contribution in [3.8, 4) is 0 Å². The summed E-state index contributed by atoms with van der Waals surface area (Å²) >= 11 is 1.94. The molecule has 0 radical (unpaired) electrons. The normalized spacial score (nSPS) is 28.5. The van der Waals surface area contributed by atoms with Crippen LogP contribution < -0.4 is 5.32 Å². The first kappa shape index (κ1) is 20.8. The van der Waals surface area contributed by atoms with Gasteiger partial charge in [0.2, 0.25) is 0 Å². The highest BCUT2D eigenvalue weighted by Crippen LogP contribution is 2.36. The molecule has 2 heterocycles. The van der Waals surface area contributed by atoms with Crippen molar-refractivity contribution < 1.29 is 13.2 Å². The Morgan fingerprint density at radius 2 is 2.11 bits per heavy atom. The van der Waals surface area contributed by atoms with Crippen LogP contribution in [0.25, 0.3) is 0 Å². The quantitative estimate of drug-likeness (QED) is 0.709. The summed E-state index contributed by atoms with van der Waals surface area (Å²) in [4.78, 5) is 4.95. The minimum absolute atomic E-state index is 0.00112. The Morgan fingerprint density at radius 3 is 2.74 bits per heavy atom. The number of thioether (sulfide) groups is 1. The molecule has 2 aliphatic heterocycles. The highest BCUT2D eigenvalue weighted by molar-refractivity contribution is 8.00. The predicted molar refractivity (Wildman–Crippen MR) is 112 cm³/mol. The zero-order valence-electron chi connectivity index (χ0n) is 16.2. The van der Waals surface area contributed by atoms with Crippen LogP contribution in [-0.2, 0) is 14.6 Å². The van der Waals surface area contributed by atoms with E-state index in [-0.39, 0.29) is 10.9 Å². The van der Waals surface area contributed by atoms with Crippen molar-refractivity contribution in [2.24, 2.45) is 4.99 Å². The van der Waals surface area contributed by atoms with Gasteiger partial charge >= 0.3 is 0 Å². The molecule has 0 aliphatic carbocycles. The Balaban J connectivity index is 1.73. The second kappa shape index (κ2) is 9.07. The topological polar surface area (TPSA) is 67.8 Å². The molecule has 7 heteroatoms. The predicted octanol–water partition coefficient (Wildman–Crippen LogP) is 3.60. The molecule has 0 aromatic heterocycles. The molecular weight excluding hydrogens is 380 g/mol. The molecule has 0 amide bonds. The SMILES string of the molecule is CCCCC1(SC[C@@H]2CCCO2)CN=CC(c2ccc(S(C)(=O)=O)cc2)N1. The van der Waals surface area contributed by atoms with E-state index < -0.39 is 9.84 Å². The molecule has 5 nitrogen and oxygen atoms in total. The van der Waals surface area contributed by atoms with Crippen molar-refractivity contribution in [2.75, 3.05) is 25.2 Å². The summed E-state index contributed by atoms with van der Waals surface area (Å²) < 4.78 is 29.2. The molecule has 0 spiro atoms. The number of nitrogens with zero attached hydrogens (tertiary/aromatic N) is 1. The van der Waals surface area contributed by atoms with Crippen LogP contribution in [0.1, 0.15) is 50.6 Å². The number of benzene rings is 1. The fourth-order valence-electron chi connectivity index (χ4n) is 3.56. The molecule has 27 heavy (non-hydrogen) atoms. The van der Waals surface area contributed by atoms with E-state index in [4.69, 9.17) is 9.73 Å². The molecular formula is C20H30N2O3S2. The van der Waals surface area contributed by atoms with Crippen LogP contribution in [0.15, 0.2) is 34.2 Å². The Hall–Kier alpha value is -0.890. The van der Waals surface area contributed by atoms with Gasteiger partial charge in [-0.1, -0.05) is 31.9 Å². The summed E-state index contributed by atoms with van der Waals surface area (Å²) in [6.07, 6.45) is 9.23. The lowest BCUT2D eigenvalue weighted by atomic mass is 10.0. The summed E-state index contributed by atoms with van der Waals surface area (Å²) in [6.45, 7) is 3.86. The van der Waals surface area contributed by atoms with Crippen LogP contribution in [0.2, 0.25) is 0 Å². The van der Waals surface area contributed by atoms with E-state index in [0.717, 1.165) is 56.6 Å². The monoisotopic (exact) mass is 410 g/mol. The molecule has 2 aliphatic rings. The molecule has 3 rings (SSSR count). The van der Waals surface area contributed by atoms with Crippen LogP contribution in [0.4, 0.5) is 0 Å². The van der Waals surface area contributed by atoms with E-state index in [1.807, 2.05) is 30.1 Å². The zero-order valence-corrected chi connectivity index (χ0v) is 17.8. The van der Waals surface area contributed by atoms with Gasteiger partial charge in [0, 0.05) is 24.8 Å². The van der Waals surface area contributed by atoms with Gasteiger partial charge in [-0.2, -0.15) is 0 Å². The average Bonchev–Trinajstić information content (AvgIpc) is 3.18. The number of nitrogens with one attached hydrogen (secondary N) is 1. The van der Waals surface area contributed by atoms with Crippen molar-refractivity contribution in [1.29, 1.82) is 0 Å². The van der Waals surface area contributed by atoms with Crippen LogP contribution in [0.5, 0.6) is 0 Å². The van der Waals surface area contributed by atoms with Crippen LogP contribution in [0.3, 0.4) is 0 Å². The van der Waals surface area contributed by atoms with Gasteiger partial charge in [-0.15, -0.1) is 11.8 Å². The van der Waals surface area contributed by atoms with Gasteiger partial charge in [-0.25, -0.2) is 8.42 Å². The minimum Gasteiger partial charge on any atom is -0.377 e. The molecule has 3 atom stereocenters. The summed E-state index contributed by atoms with van der Waals surface area (Å²) in [5.74, 6) is 0.992. The molecule has 0 saturated carbocycles. The maximum Gasteiger partial charge on any atom is 0.175 e. The first-order valence-corrected chi connectivity index (χ1v) is 12.6. The number of unbranched alkanes of at least 4 members (excludes halogenated alkanes) is 1. The number of aliphatic imine (C=N–C) groups is 1. The fourth-order valence-corrected chi connectivity index (χ4v) is 5.63. The second-order valence-electron chi connectivity index (χ2n) is 7.50. The molecule has 1 N–H and O–H groups in total. The van der Waals surface area contributed by atoms with E-state index in [9.17, 15) is 8.42 Å². The molecule has 1 fully saturated rings. The molecule has 0 bridgehead atoms. The minimum atomic E-state index is -3.18. The Labute approximate surface area is 167 Å². The smallest absolute Gasteiger partial charge is 0.175 e. The Kier molecular flexibility index (Phi) is 7.00. The van der Waals surface area contributed by atoms with E-state index in [0.29, 0.717) is 11.0 Å². The van der Waals surface area contributed by atoms with E-state index in [2.05, 4.69) is 12.2 Å². The van der Waals surface area contributed by atoms with Crippen LogP contribution >= 0.6 is 11.8 Å². The number of rotatable bonds is 8. The van der Waals surface area contributed by atoms with Gasteiger partial charge < -0.3 is 4.74 Å². The van der Waals surface area contributed by atoms with E-state index in [1.54, 1.807) is 12.1 Å². The Bertz CT molecular complexity index is 743. The third-order valence-corrected chi connectivity index (χ3v) is 7.86. The number of sulfone groups is 1. The van der Waals surface area contributed by atoms with E-state index >= 15 is 0 Å². The van der Waals surface area contributed by atoms with Gasteiger partial charge in [-0.3, -0.25) is 10.3 Å².